The summed E-state index contributed by atoms with van der Waals surface area (Å²) in [7, 11) is 0. The van der Waals surface area contributed by atoms with Crippen molar-refractivity contribution in [3.63, 3.8) is 0 Å². The molecule has 0 atom stereocenters. The van der Waals surface area contributed by atoms with Gasteiger partial charge in [0, 0.05) is 22.9 Å². The van der Waals surface area contributed by atoms with Crippen molar-refractivity contribution in [2.45, 2.75) is 13.5 Å². The van der Waals surface area contributed by atoms with Gasteiger partial charge < -0.3 is 24.4 Å². The van der Waals surface area contributed by atoms with Crippen LogP contribution >= 0.6 is 0 Å². The number of nitrogens with zero attached hydrogens (tertiary/aromatic N) is 1. The van der Waals surface area contributed by atoms with Gasteiger partial charge in [-0.05, 0) is 49.4 Å². The number of fused-ring (bicyclic) bond motifs is 3. The van der Waals surface area contributed by atoms with Crippen LogP contribution in [0.2, 0.25) is 0 Å². The van der Waals surface area contributed by atoms with Gasteiger partial charge in [0.2, 0.25) is 5.91 Å². The number of halogens is 2. The second-order valence-corrected chi connectivity index (χ2v) is 8.03. The van der Waals surface area contributed by atoms with Crippen molar-refractivity contribution in [2.75, 3.05) is 6.61 Å². The maximum atomic E-state index is 15.1. The van der Waals surface area contributed by atoms with Gasteiger partial charge in [-0.25, -0.2) is 13.6 Å². The van der Waals surface area contributed by atoms with E-state index in [1.165, 1.54) is 47.4 Å². The Bertz CT molecular complexity index is 1730. The van der Waals surface area contributed by atoms with Crippen molar-refractivity contribution in [3.05, 3.63) is 93.7 Å². The number of furan rings is 1. The predicted molar refractivity (Wildman–Crippen MR) is 128 cm³/mol. The molecule has 0 spiro atoms. The van der Waals surface area contributed by atoms with E-state index in [0.29, 0.717) is 0 Å². The van der Waals surface area contributed by atoms with Crippen LogP contribution in [0.15, 0.2) is 64.1 Å². The molecule has 0 aliphatic rings. The molecule has 0 saturated heterocycles. The minimum Gasteiger partial charge on any atom is -0.463 e. The number of hydrogen-bond acceptors (Lipinski definition) is 5. The third-order valence-corrected chi connectivity index (χ3v) is 5.93. The fourth-order valence-electron chi connectivity index (χ4n) is 4.38. The summed E-state index contributed by atoms with van der Waals surface area (Å²) in [4.78, 5) is 40.4. The molecule has 5 aromatic rings. The Morgan fingerprint density at radius 3 is 2.67 bits per heavy atom. The van der Waals surface area contributed by atoms with E-state index < -0.39 is 29.1 Å². The highest BCUT2D eigenvalue weighted by Gasteiger charge is 2.30. The lowest BCUT2D eigenvalue weighted by Crippen LogP contribution is -2.17. The van der Waals surface area contributed by atoms with Crippen molar-refractivity contribution in [1.82, 2.24) is 9.55 Å². The summed E-state index contributed by atoms with van der Waals surface area (Å²) >= 11 is 0. The maximum Gasteiger partial charge on any atom is 0.355 e. The second kappa shape index (κ2) is 8.81. The summed E-state index contributed by atoms with van der Waals surface area (Å²) < 4.78 is 42.2. The van der Waals surface area contributed by atoms with Gasteiger partial charge in [0.15, 0.2) is 0 Å². The Labute approximate surface area is 201 Å². The number of primary amides is 1. The number of nitrogens with two attached hydrogens (primary N) is 1. The highest BCUT2D eigenvalue weighted by molar-refractivity contribution is 6.17. The van der Waals surface area contributed by atoms with Crippen LogP contribution in [0, 0.1) is 11.6 Å². The number of H-pyrrole nitrogens is 1. The summed E-state index contributed by atoms with van der Waals surface area (Å²) in [6.45, 7) is 1.33. The number of esters is 1. The third-order valence-electron chi connectivity index (χ3n) is 5.93. The van der Waals surface area contributed by atoms with Crippen LogP contribution in [0.1, 0.15) is 33.3 Å². The van der Waals surface area contributed by atoms with E-state index in [-0.39, 0.29) is 63.0 Å². The van der Waals surface area contributed by atoms with Crippen LogP contribution in [0.25, 0.3) is 33.0 Å². The average Bonchev–Trinajstić information content (AvgIpc) is 3.45. The van der Waals surface area contributed by atoms with E-state index in [1.807, 2.05) is 0 Å². The fraction of sp³-hybridized carbons (Fsp3) is 0.115. The molecule has 3 N–H and O–H groups in total. The summed E-state index contributed by atoms with van der Waals surface area (Å²) in [5.41, 5.74) is 5.36. The number of benzene rings is 2. The largest absolute Gasteiger partial charge is 0.463 e. The number of aromatic nitrogens is 2. The molecule has 0 radical (unpaired) electrons. The smallest absolute Gasteiger partial charge is 0.355 e. The Morgan fingerprint density at radius 1 is 1.14 bits per heavy atom. The van der Waals surface area contributed by atoms with Crippen molar-refractivity contribution in [1.29, 1.82) is 0 Å². The molecule has 3 heterocycles. The molecule has 5 rings (SSSR count). The van der Waals surface area contributed by atoms with E-state index in [4.69, 9.17) is 14.9 Å². The number of hydrogen-bond donors (Lipinski definition) is 2. The molecular formula is C26H19F2N3O5. The minimum atomic E-state index is -0.807. The first-order chi connectivity index (χ1) is 17.3. The first-order valence-electron chi connectivity index (χ1n) is 11.0. The van der Waals surface area contributed by atoms with Gasteiger partial charge in [0.1, 0.15) is 22.9 Å². The van der Waals surface area contributed by atoms with Gasteiger partial charge in [-0.1, -0.05) is 0 Å². The Hall–Kier alpha value is -4.73. The number of nitrogens with one attached hydrogen (secondary N) is 1. The van der Waals surface area contributed by atoms with Crippen LogP contribution in [-0.4, -0.2) is 28.0 Å². The Kier molecular flexibility index (Phi) is 5.63. The van der Waals surface area contributed by atoms with Crippen LogP contribution in [0.5, 0.6) is 0 Å². The highest BCUT2D eigenvalue weighted by Crippen LogP contribution is 2.40. The molecule has 0 fully saturated rings. The molecule has 3 aromatic heterocycles. The molecule has 0 saturated carbocycles. The van der Waals surface area contributed by atoms with E-state index in [1.54, 1.807) is 13.0 Å². The maximum absolute atomic E-state index is 15.1. The summed E-state index contributed by atoms with van der Waals surface area (Å²) in [5, 5.41) is 0.424. The van der Waals surface area contributed by atoms with Crippen molar-refractivity contribution in [2.24, 2.45) is 5.73 Å². The average molecular weight is 491 g/mol. The van der Waals surface area contributed by atoms with Gasteiger partial charge in [-0.2, -0.15) is 0 Å². The molecular weight excluding hydrogens is 472 g/mol. The molecule has 182 valence electrons. The molecule has 1 amide bonds. The van der Waals surface area contributed by atoms with Gasteiger partial charge in [-0.3, -0.25) is 9.59 Å². The number of carbonyl (C=O) groups excluding carboxylic acids is 2. The van der Waals surface area contributed by atoms with E-state index in [0.717, 1.165) is 6.07 Å². The Morgan fingerprint density at radius 2 is 1.94 bits per heavy atom. The quantitative estimate of drug-likeness (QED) is 0.342. The number of amides is 1. The number of pyridine rings is 1. The summed E-state index contributed by atoms with van der Waals surface area (Å²) in [5.74, 6) is -2.88. The standard InChI is InChI=1S/C26H19F2N3O5/c1-2-35-26(34)22-20(16-4-3-8-30-25(16)33)21-19(11-18(28)15-7-9-36-23(15)21)31(22)12-14-10-13(24(29)32)5-6-17(14)27/h3-11H,2,12H2,1H3,(H2,29,32)(H,30,33). The third kappa shape index (κ3) is 3.63. The molecule has 2 aromatic carbocycles. The monoisotopic (exact) mass is 491 g/mol. The van der Waals surface area contributed by atoms with E-state index in [2.05, 4.69) is 4.98 Å². The van der Waals surface area contributed by atoms with Crippen LogP contribution in [0.4, 0.5) is 8.78 Å². The van der Waals surface area contributed by atoms with Crippen molar-refractivity contribution in [3.8, 4) is 11.1 Å². The topological polar surface area (TPSA) is 120 Å². The summed E-state index contributed by atoms with van der Waals surface area (Å²) in [6.07, 6.45) is 2.73. The van der Waals surface area contributed by atoms with Gasteiger partial charge in [0.25, 0.3) is 5.56 Å². The van der Waals surface area contributed by atoms with Crippen LogP contribution in [0.3, 0.4) is 0 Å². The first kappa shape index (κ1) is 23.0. The fourth-order valence-corrected chi connectivity index (χ4v) is 4.38. The molecule has 8 nitrogen and oxygen atoms in total. The molecule has 0 bridgehead atoms. The number of aromatic amines is 1. The lowest BCUT2D eigenvalue weighted by Gasteiger charge is -2.13. The minimum absolute atomic E-state index is 0.0149. The summed E-state index contributed by atoms with van der Waals surface area (Å²) in [6, 6.07) is 9.28. The molecule has 0 aliphatic heterocycles. The predicted octanol–water partition coefficient (Wildman–Crippen LogP) is 4.34. The van der Waals surface area contributed by atoms with E-state index in [9.17, 15) is 18.8 Å². The second-order valence-electron chi connectivity index (χ2n) is 8.03. The zero-order valence-electron chi connectivity index (χ0n) is 18.9. The first-order valence-corrected chi connectivity index (χ1v) is 11.0. The number of ether oxygens (including phenoxy) is 1. The lowest BCUT2D eigenvalue weighted by molar-refractivity contribution is 0.0515. The molecule has 0 aliphatic carbocycles. The normalized spacial score (nSPS) is 11.3. The zero-order chi connectivity index (χ0) is 25.6. The van der Waals surface area contributed by atoms with Crippen LogP contribution < -0.4 is 11.3 Å². The Balaban J connectivity index is 1.93. The lowest BCUT2D eigenvalue weighted by atomic mass is 10.0. The van der Waals surface area contributed by atoms with Gasteiger partial charge in [0.05, 0.1) is 41.3 Å². The zero-order valence-corrected chi connectivity index (χ0v) is 18.9. The van der Waals surface area contributed by atoms with Crippen molar-refractivity contribution < 1.29 is 27.5 Å². The molecule has 10 heteroatoms. The number of carbonyl (C=O) groups is 2. The van der Waals surface area contributed by atoms with Crippen LogP contribution in [-0.2, 0) is 11.3 Å². The van der Waals surface area contributed by atoms with Gasteiger partial charge in [-0.15, -0.1) is 0 Å². The van der Waals surface area contributed by atoms with Gasteiger partial charge >= 0.3 is 5.97 Å². The molecule has 0 unspecified atom stereocenters. The molecule has 36 heavy (non-hydrogen) atoms. The highest BCUT2D eigenvalue weighted by atomic mass is 19.1. The van der Waals surface area contributed by atoms with Crippen molar-refractivity contribution >= 4 is 33.7 Å². The number of rotatable bonds is 6. The van der Waals surface area contributed by atoms with E-state index >= 15 is 4.39 Å². The SMILES string of the molecule is CCOC(=O)c1c(-c2ccc[nH]c2=O)c2c3occc3c(F)cc2n1Cc1cc(C(N)=O)ccc1F.